The Hall–Kier alpha value is -3.12. The number of carboxylic acid groups (broad SMARTS) is 1. The number of alkyl halides is 3. The molecule has 0 aliphatic carbocycles. The van der Waals surface area contributed by atoms with Crippen molar-refractivity contribution >= 4 is 5.97 Å². The lowest BCUT2D eigenvalue weighted by atomic mass is 9.84. The monoisotopic (exact) mass is 453 g/mol. The molecule has 1 N–H and O–H groups in total. The number of halogens is 3. The number of aliphatic carboxylic acids is 1. The molecule has 1 fully saturated rings. The highest BCUT2D eigenvalue weighted by Crippen LogP contribution is 2.39. The summed E-state index contributed by atoms with van der Waals surface area (Å²) < 4.78 is 39.2. The molecule has 0 saturated carbocycles. The average molecular weight is 454 g/mol. The third kappa shape index (κ3) is 5.63. The van der Waals surface area contributed by atoms with Gasteiger partial charge in [-0.3, -0.25) is 9.69 Å². The minimum Gasteiger partial charge on any atom is -0.481 e. The van der Waals surface area contributed by atoms with Crippen LogP contribution < -0.4 is 0 Å². The molecule has 1 saturated heterocycles. The summed E-state index contributed by atoms with van der Waals surface area (Å²) in [5, 5.41) is 9.27. The molecule has 4 rings (SSSR count). The van der Waals surface area contributed by atoms with Gasteiger partial charge in [-0.1, -0.05) is 66.7 Å². The van der Waals surface area contributed by atoms with Crippen molar-refractivity contribution in [3.63, 3.8) is 0 Å². The molecule has 1 heterocycles. The van der Waals surface area contributed by atoms with Gasteiger partial charge >= 0.3 is 12.1 Å². The standard InChI is InChI=1S/C27H26F3NO2/c28-27(29,30)23-12-10-21(11-13-23)25-16-19(17-26(32)33)14-15-31(25)18-22-8-4-5-9-24(22)20-6-2-1-3-7-20/h1-13,19,25H,14-18H2,(H,32,33)/t19-,25+/m1/s1. The fourth-order valence-electron chi connectivity index (χ4n) is 4.73. The number of hydrogen-bond donors (Lipinski definition) is 1. The SMILES string of the molecule is O=C(O)C[C@@H]1CCN(Cc2ccccc2-c2ccccc2)[C@H](c2ccc(C(F)(F)F)cc2)C1. The van der Waals surface area contributed by atoms with E-state index < -0.39 is 17.7 Å². The van der Waals surface area contributed by atoms with Gasteiger partial charge < -0.3 is 5.11 Å². The van der Waals surface area contributed by atoms with Gasteiger partial charge in [-0.05, 0) is 59.7 Å². The Morgan fingerprint density at radius 2 is 1.61 bits per heavy atom. The average Bonchev–Trinajstić information content (AvgIpc) is 2.80. The van der Waals surface area contributed by atoms with Crippen LogP contribution in [0.15, 0.2) is 78.9 Å². The Balaban J connectivity index is 1.63. The number of carbonyl (C=O) groups is 1. The molecule has 0 aromatic heterocycles. The van der Waals surface area contributed by atoms with Gasteiger partial charge in [0.15, 0.2) is 0 Å². The van der Waals surface area contributed by atoms with Crippen LogP contribution in [0.5, 0.6) is 0 Å². The van der Waals surface area contributed by atoms with Crippen molar-refractivity contribution in [2.75, 3.05) is 6.54 Å². The van der Waals surface area contributed by atoms with Gasteiger partial charge in [0.05, 0.1) is 5.56 Å². The number of likely N-dealkylation sites (tertiary alicyclic amines) is 1. The van der Waals surface area contributed by atoms with Crippen LogP contribution in [-0.2, 0) is 17.5 Å². The van der Waals surface area contributed by atoms with E-state index in [2.05, 4.69) is 29.2 Å². The Kier molecular flexibility index (Phi) is 6.84. The number of piperidine rings is 1. The summed E-state index contributed by atoms with van der Waals surface area (Å²) in [5.74, 6) is -0.843. The second kappa shape index (κ2) is 9.79. The van der Waals surface area contributed by atoms with Crippen molar-refractivity contribution in [1.29, 1.82) is 0 Å². The lowest BCUT2D eigenvalue weighted by Gasteiger charge is -2.40. The second-order valence-electron chi connectivity index (χ2n) is 8.62. The third-order valence-electron chi connectivity index (χ3n) is 6.38. The number of rotatable bonds is 6. The lowest BCUT2D eigenvalue weighted by molar-refractivity contribution is -0.139. The number of nitrogens with zero attached hydrogens (tertiary/aromatic N) is 1. The first-order valence-corrected chi connectivity index (χ1v) is 11.1. The smallest absolute Gasteiger partial charge is 0.416 e. The maximum absolute atomic E-state index is 13.1. The van der Waals surface area contributed by atoms with Crippen molar-refractivity contribution in [1.82, 2.24) is 4.90 Å². The number of benzene rings is 3. The highest BCUT2D eigenvalue weighted by Gasteiger charge is 2.33. The van der Waals surface area contributed by atoms with E-state index >= 15 is 0 Å². The van der Waals surface area contributed by atoms with E-state index in [1.165, 1.54) is 12.1 Å². The molecule has 172 valence electrons. The molecular formula is C27H26F3NO2. The van der Waals surface area contributed by atoms with Gasteiger partial charge in [0.1, 0.15) is 0 Å². The summed E-state index contributed by atoms with van der Waals surface area (Å²) in [6, 6.07) is 23.4. The first-order valence-electron chi connectivity index (χ1n) is 11.1. The van der Waals surface area contributed by atoms with Crippen molar-refractivity contribution < 1.29 is 23.1 Å². The maximum Gasteiger partial charge on any atom is 0.416 e. The van der Waals surface area contributed by atoms with Gasteiger partial charge in [0.2, 0.25) is 0 Å². The number of hydrogen-bond acceptors (Lipinski definition) is 2. The van der Waals surface area contributed by atoms with Gasteiger partial charge in [-0.2, -0.15) is 13.2 Å². The predicted molar refractivity (Wildman–Crippen MR) is 121 cm³/mol. The Morgan fingerprint density at radius 1 is 0.939 bits per heavy atom. The molecule has 2 atom stereocenters. The zero-order chi connectivity index (χ0) is 23.4. The Bertz CT molecular complexity index is 1080. The first-order chi connectivity index (χ1) is 15.8. The molecule has 3 nitrogen and oxygen atoms in total. The summed E-state index contributed by atoms with van der Waals surface area (Å²) in [6.07, 6.45) is -2.96. The fraction of sp³-hybridized carbons (Fsp3) is 0.296. The van der Waals surface area contributed by atoms with Crippen LogP contribution in [0.25, 0.3) is 11.1 Å². The molecular weight excluding hydrogens is 427 g/mol. The van der Waals surface area contributed by atoms with E-state index in [0.717, 1.165) is 40.8 Å². The van der Waals surface area contributed by atoms with Crippen LogP contribution in [0, 0.1) is 5.92 Å². The molecule has 1 aliphatic rings. The van der Waals surface area contributed by atoms with E-state index in [9.17, 15) is 23.1 Å². The van der Waals surface area contributed by atoms with Crippen molar-refractivity contribution in [3.05, 3.63) is 95.6 Å². The summed E-state index contributed by atoms with van der Waals surface area (Å²) in [7, 11) is 0. The highest BCUT2D eigenvalue weighted by molar-refractivity contribution is 5.67. The van der Waals surface area contributed by atoms with E-state index in [1.54, 1.807) is 0 Å². The summed E-state index contributed by atoms with van der Waals surface area (Å²) in [5.41, 5.74) is 3.48. The largest absolute Gasteiger partial charge is 0.481 e. The summed E-state index contributed by atoms with van der Waals surface area (Å²) >= 11 is 0. The van der Waals surface area contributed by atoms with Gasteiger partial charge in [-0.25, -0.2) is 0 Å². The second-order valence-corrected chi connectivity index (χ2v) is 8.62. The molecule has 0 radical (unpaired) electrons. The lowest BCUT2D eigenvalue weighted by Crippen LogP contribution is -2.37. The van der Waals surface area contributed by atoms with E-state index in [0.29, 0.717) is 19.5 Å². The topological polar surface area (TPSA) is 40.5 Å². The van der Waals surface area contributed by atoms with Crippen molar-refractivity contribution in [3.8, 4) is 11.1 Å². The first kappa shape index (κ1) is 23.1. The van der Waals surface area contributed by atoms with E-state index in [1.807, 2.05) is 30.3 Å². The van der Waals surface area contributed by atoms with Crippen LogP contribution in [-0.4, -0.2) is 22.5 Å². The fourth-order valence-corrected chi connectivity index (χ4v) is 4.73. The molecule has 0 unspecified atom stereocenters. The van der Waals surface area contributed by atoms with Crippen molar-refractivity contribution in [2.24, 2.45) is 5.92 Å². The van der Waals surface area contributed by atoms with Gasteiger partial charge in [0.25, 0.3) is 0 Å². The van der Waals surface area contributed by atoms with E-state index in [-0.39, 0.29) is 18.4 Å². The molecule has 0 amide bonds. The molecule has 0 bridgehead atoms. The van der Waals surface area contributed by atoms with Crippen molar-refractivity contribution in [2.45, 2.75) is 38.0 Å². The zero-order valence-electron chi connectivity index (χ0n) is 18.1. The van der Waals surface area contributed by atoms with Crippen LogP contribution in [0.1, 0.15) is 42.0 Å². The van der Waals surface area contributed by atoms with Gasteiger partial charge in [0, 0.05) is 19.0 Å². The highest BCUT2D eigenvalue weighted by atomic mass is 19.4. The molecule has 3 aromatic rings. The molecule has 33 heavy (non-hydrogen) atoms. The maximum atomic E-state index is 13.1. The molecule has 3 aromatic carbocycles. The summed E-state index contributed by atoms with van der Waals surface area (Å²) in [4.78, 5) is 13.6. The molecule has 0 spiro atoms. The Labute approximate surface area is 191 Å². The molecule has 1 aliphatic heterocycles. The molecule has 6 heteroatoms. The van der Waals surface area contributed by atoms with Gasteiger partial charge in [-0.15, -0.1) is 0 Å². The quantitative estimate of drug-likeness (QED) is 0.446. The predicted octanol–water partition coefficient (Wildman–Crippen LogP) is 6.80. The Morgan fingerprint density at radius 3 is 2.27 bits per heavy atom. The van der Waals surface area contributed by atoms with Crippen LogP contribution >= 0.6 is 0 Å². The van der Waals surface area contributed by atoms with Crippen LogP contribution in [0.4, 0.5) is 13.2 Å². The van der Waals surface area contributed by atoms with E-state index in [4.69, 9.17) is 0 Å². The third-order valence-corrected chi connectivity index (χ3v) is 6.38. The van der Waals surface area contributed by atoms with Crippen LogP contribution in [0.3, 0.4) is 0 Å². The minimum atomic E-state index is -4.38. The minimum absolute atomic E-state index is 0.00425. The normalized spacial score (nSPS) is 19.4. The number of carboxylic acids is 1. The zero-order valence-corrected chi connectivity index (χ0v) is 18.1. The summed E-state index contributed by atoms with van der Waals surface area (Å²) in [6.45, 7) is 1.32. The van der Waals surface area contributed by atoms with Crippen LogP contribution in [0.2, 0.25) is 0 Å².